The summed E-state index contributed by atoms with van der Waals surface area (Å²) in [5.74, 6) is 2.00. The Kier molecular flexibility index (Phi) is 6.41. The van der Waals surface area contributed by atoms with Gasteiger partial charge in [0.05, 0.1) is 31.4 Å². The Hall–Kier alpha value is -3.07. The predicted octanol–water partition coefficient (Wildman–Crippen LogP) is 3.60. The van der Waals surface area contributed by atoms with Crippen molar-refractivity contribution < 1.29 is 14.3 Å². The molecule has 3 aromatic rings. The number of benzene rings is 1. The lowest BCUT2D eigenvalue weighted by Crippen LogP contribution is -2.15. The number of methoxy groups -OCH3 is 2. The summed E-state index contributed by atoms with van der Waals surface area (Å²) < 4.78 is 12.4. The molecule has 0 unspecified atom stereocenters. The van der Waals surface area contributed by atoms with Gasteiger partial charge in [0.25, 0.3) is 0 Å². The Morgan fingerprint density at radius 1 is 1.16 bits per heavy atom. The molecular formula is C22H25N5O3S. The molecule has 0 spiro atoms. The molecule has 0 radical (unpaired) electrons. The smallest absolute Gasteiger partial charge is 0.234 e. The molecule has 162 valence electrons. The van der Waals surface area contributed by atoms with Gasteiger partial charge in [-0.15, -0.1) is 0 Å². The van der Waals surface area contributed by atoms with Gasteiger partial charge in [-0.3, -0.25) is 4.79 Å². The highest BCUT2D eigenvalue weighted by molar-refractivity contribution is 7.99. The van der Waals surface area contributed by atoms with E-state index in [1.165, 1.54) is 42.2 Å². The van der Waals surface area contributed by atoms with Crippen molar-refractivity contribution in [3.05, 3.63) is 47.5 Å². The lowest BCUT2D eigenvalue weighted by atomic mass is 9.96. The first-order valence-electron chi connectivity index (χ1n) is 10.1. The molecule has 1 aliphatic carbocycles. The second kappa shape index (κ2) is 9.38. The van der Waals surface area contributed by atoms with E-state index in [9.17, 15) is 4.79 Å². The van der Waals surface area contributed by atoms with Crippen LogP contribution in [0.15, 0.2) is 35.6 Å². The highest BCUT2D eigenvalue weighted by atomic mass is 32.2. The Balaban J connectivity index is 1.44. The average Bonchev–Trinajstić information content (AvgIpc) is 3.15. The van der Waals surface area contributed by atoms with Crippen LogP contribution in [0, 0.1) is 6.92 Å². The van der Waals surface area contributed by atoms with E-state index in [0.29, 0.717) is 17.2 Å². The molecule has 0 bridgehead atoms. The highest BCUT2D eigenvalue weighted by Gasteiger charge is 2.20. The molecule has 0 saturated heterocycles. The van der Waals surface area contributed by atoms with Crippen molar-refractivity contribution in [2.75, 3.05) is 25.3 Å². The SMILES string of the molecule is COc1ccc(NC(=O)CSc2cc(-n3nc(C)c4c3CCCC4)ncn2)c(OC)c1. The number of aryl methyl sites for hydroxylation is 1. The summed E-state index contributed by atoms with van der Waals surface area (Å²) in [5.41, 5.74) is 4.24. The Morgan fingerprint density at radius 2 is 2.00 bits per heavy atom. The average molecular weight is 440 g/mol. The maximum atomic E-state index is 12.5. The van der Waals surface area contributed by atoms with E-state index in [2.05, 4.69) is 22.2 Å². The number of carbonyl (C=O) groups is 1. The lowest BCUT2D eigenvalue weighted by Gasteiger charge is -2.14. The van der Waals surface area contributed by atoms with Crippen LogP contribution < -0.4 is 14.8 Å². The molecule has 1 N–H and O–H groups in total. The molecule has 2 heterocycles. The first-order valence-corrected chi connectivity index (χ1v) is 11.1. The van der Waals surface area contributed by atoms with E-state index >= 15 is 0 Å². The molecule has 0 aliphatic heterocycles. The molecule has 31 heavy (non-hydrogen) atoms. The number of ether oxygens (including phenoxy) is 2. The van der Waals surface area contributed by atoms with Crippen LogP contribution in [-0.2, 0) is 17.6 Å². The Labute approximate surface area is 185 Å². The summed E-state index contributed by atoms with van der Waals surface area (Å²) in [5, 5.41) is 8.30. The molecule has 0 saturated carbocycles. The Morgan fingerprint density at radius 3 is 2.81 bits per heavy atom. The summed E-state index contributed by atoms with van der Waals surface area (Å²) in [6, 6.07) is 7.14. The third kappa shape index (κ3) is 4.66. The molecular weight excluding hydrogens is 414 g/mol. The van der Waals surface area contributed by atoms with Crippen LogP contribution in [0.2, 0.25) is 0 Å². The van der Waals surface area contributed by atoms with Gasteiger partial charge in [-0.2, -0.15) is 5.10 Å². The lowest BCUT2D eigenvalue weighted by molar-refractivity contribution is -0.113. The maximum absolute atomic E-state index is 12.5. The van der Waals surface area contributed by atoms with Gasteiger partial charge < -0.3 is 14.8 Å². The number of rotatable bonds is 7. The summed E-state index contributed by atoms with van der Waals surface area (Å²) in [7, 11) is 3.14. The fourth-order valence-electron chi connectivity index (χ4n) is 3.73. The third-order valence-corrected chi connectivity index (χ3v) is 6.19. The highest BCUT2D eigenvalue weighted by Crippen LogP contribution is 2.30. The van der Waals surface area contributed by atoms with E-state index < -0.39 is 0 Å². The van der Waals surface area contributed by atoms with E-state index in [1.54, 1.807) is 32.4 Å². The molecule has 0 fully saturated rings. The first kappa shape index (κ1) is 21.2. The first-order chi connectivity index (χ1) is 15.1. The van der Waals surface area contributed by atoms with Crippen molar-refractivity contribution in [3.8, 4) is 17.3 Å². The van der Waals surface area contributed by atoms with Crippen molar-refractivity contribution in [2.45, 2.75) is 37.6 Å². The summed E-state index contributed by atoms with van der Waals surface area (Å²) in [6.45, 7) is 2.05. The van der Waals surface area contributed by atoms with E-state index in [4.69, 9.17) is 14.6 Å². The van der Waals surface area contributed by atoms with Gasteiger partial charge in [0.1, 0.15) is 22.9 Å². The number of carbonyl (C=O) groups excluding carboxylic acids is 1. The number of hydrogen-bond donors (Lipinski definition) is 1. The van der Waals surface area contributed by atoms with Crippen LogP contribution in [0.4, 0.5) is 5.69 Å². The van der Waals surface area contributed by atoms with Crippen LogP contribution >= 0.6 is 11.8 Å². The number of fused-ring (bicyclic) bond motifs is 1. The topological polar surface area (TPSA) is 91.2 Å². The summed E-state index contributed by atoms with van der Waals surface area (Å²) in [4.78, 5) is 21.2. The minimum atomic E-state index is -0.152. The second-order valence-electron chi connectivity index (χ2n) is 7.25. The van der Waals surface area contributed by atoms with Gasteiger partial charge in [-0.1, -0.05) is 11.8 Å². The molecule has 9 heteroatoms. The minimum Gasteiger partial charge on any atom is -0.497 e. The van der Waals surface area contributed by atoms with E-state index in [1.807, 2.05) is 10.7 Å². The van der Waals surface area contributed by atoms with Gasteiger partial charge in [-0.25, -0.2) is 14.6 Å². The zero-order chi connectivity index (χ0) is 21.8. The molecule has 8 nitrogen and oxygen atoms in total. The minimum absolute atomic E-state index is 0.152. The number of nitrogens with zero attached hydrogens (tertiary/aromatic N) is 4. The van der Waals surface area contributed by atoms with Crippen LogP contribution in [0.5, 0.6) is 11.5 Å². The monoisotopic (exact) mass is 439 g/mol. The number of aromatic nitrogens is 4. The van der Waals surface area contributed by atoms with Crippen molar-refractivity contribution in [1.82, 2.24) is 19.7 Å². The van der Waals surface area contributed by atoms with Gasteiger partial charge in [-0.05, 0) is 50.3 Å². The number of nitrogens with one attached hydrogen (secondary N) is 1. The van der Waals surface area contributed by atoms with Crippen LogP contribution in [0.25, 0.3) is 5.82 Å². The number of amides is 1. The fourth-order valence-corrected chi connectivity index (χ4v) is 4.39. The van der Waals surface area contributed by atoms with Gasteiger partial charge in [0.2, 0.25) is 5.91 Å². The predicted molar refractivity (Wildman–Crippen MR) is 119 cm³/mol. The largest absolute Gasteiger partial charge is 0.497 e. The van der Waals surface area contributed by atoms with Gasteiger partial charge in [0.15, 0.2) is 5.82 Å². The molecule has 1 amide bonds. The van der Waals surface area contributed by atoms with Gasteiger partial charge >= 0.3 is 0 Å². The normalized spacial score (nSPS) is 12.9. The fraction of sp³-hybridized carbons (Fsp3) is 0.364. The molecule has 4 rings (SSSR count). The molecule has 2 aromatic heterocycles. The molecule has 0 atom stereocenters. The molecule has 1 aliphatic rings. The molecule has 1 aromatic carbocycles. The standard InChI is InChI=1S/C22H25N5O3S/c1-14-16-6-4-5-7-18(16)27(26-14)20-11-22(24-13-23-20)31-12-21(28)25-17-9-8-15(29-2)10-19(17)30-3/h8-11,13H,4-7,12H2,1-3H3,(H,25,28). The van der Waals surface area contributed by atoms with E-state index in [0.717, 1.165) is 29.4 Å². The van der Waals surface area contributed by atoms with Crippen LogP contribution in [-0.4, -0.2) is 45.6 Å². The zero-order valence-electron chi connectivity index (χ0n) is 17.8. The summed E-state index contributed by atoms with van der Waals surface area (Å²) >= 11 is 1.35. The summed E-state index contributed by atoms with van der Waals surface area (Å²) in [6.07, 6.45) is 5.98. The number of hydrogen-bond acceptors (Lipinski definition) is 7. The third-order valence-electron chi connectivity index (χ3n) is 5.26. The van der Waals surface area contributed by atoms with Crippen molar-refractivity contribution in [2.24, 2.45) is 0 Å². The zero-order valence-corrected chi connectivity index (χ0v) is 18.7. The van der Waals surface area contributed by atoms with Crippen molar-refractivity contribution in [3.63, 3.8) is 0 Å². The maximum Gasteiger partial charge on any atom is 0.234 e. The number of thioether (sulfide) groups is 1. The Bertz CT molecular complexity index is 1100. The number of anilines is 1. The van der Waals surface area contributed by atoms with Crippen molar-refractivity contribution >= 4 is 23.4 Å². The quantitative estimate of drug-likeness (QED) is 0.444. The van der Waals surface area contributed by atoms with Crippen molar-refractivity contribution in [1.29, 1.82) is 0 Å². The second-order valence-corrected chi connectivity index (χ2v) is 8.24. The van der Waals surface area contributed by atoms with Crippen LogP contribution in [0.3, 0.4) is 0 Å². The van der Waals surface area contributed by atoms with Gasteiger partial charge in [0, 0.05) is 17.8 Å². The van der Waals surface area contributed by atoms with Crippen LogP contribution in [0.1, 0.15) is 29.8 Å². The van der Waals surface area contributed by atoms with E-state index in [-0.39, 0.29) is 11.7 Å².